The third-order valence-electron chi connectivity index (χ3n) is 2.85. The molecule has 0 aliphatic rings. The molecule has 6 nitrogen and oxygen atoms in total. The molecule has 0 fully saturated rings. The maximum absolute atomic E-state index is 11.6. The van der Waals surface area contributed by atoms with Crippen LogP contribution in [-0.2, 0) is 11.3 Å². The molecule has 94 valence electrons. The molecule has 0 N–H and O–H groups in total. The molecular weight excluding hydrogens is 222 g/mol. The largest absolute Gasteiger partial charge is 0.313 e. The van der Waals surface area contributed by atoms with Gasteiger partial charge in [-0.2, -0.15) is 5.10 Å². The second-order valence-electron chi connectivity index (χ2n) is 3.96. The second kappa shape index (κ2) is 5.07. The van der Waals surface area contributed by atoms with E-state index in [1.807, 2.05) is 13.8 Å². The van der Waals surface area contributed by atoms with Crippen molar-refractivity contribution in [3.8, 4) is 0 Å². The van der Waals surface area contributed by atoms with Gasteiger partial charge in [0, 0.05) is 6.54 Å². The van der Waals surface area contributed by atoms with Gasteiger partial charge in [0.15, 0.2) is 0 Å². The topological polar surface area (TPSA) is 78.0 Å². The number of aromatic nitrogens is 2. The number of aryl methyl sites for hydroxylation is 2. The highest BCUT2D eigenvalue weighted by Gasteiger charge is 2.32. The molecule has 1 aromatic rings. The minimum Gasteiger partial charge on any atom is -0.299 e. The molecule has 1 rings (SSSR count). The molecule has 0 aromatic carbocycles. The van der Waals surface area contributed by atoms with Crippen LogP contribution in [0, 0.1) is 17.0 Å². The number of nitro groups is 1. The number of carbonyl (C=O) groups is 1. The molecule has 0 amide bonds. The lowest BCUT2D eigenvalue weighted by atomic mass is 9.96. The zero-order chi connectivity index (χ0) is 13.2. The fourth-order valence-electron chi connectivity index (χ4n) is 2.07. The molecule has 1 heterocycles. The van der Waals surface area contributed by atoms with Crippen molar-refractivity contribution < 1.29 is 9.72 Å². The summed E-state index contributed by atoms with van der Waals surface area (Å²) in [5.41, 5.74) is 0.783. The third kappa shape index (κ3) is 2.35. The van der Waals surface area contributed by atoms with E-state index in [9.17, 15) is 14.9 Å². The van der Waals surface area contributed by atoms with Crippen LogP contribution in [-0.4, -0.2) is 20.5 Å². The zero-order valence-electron chi connectivity index (χ0n) is 10.6. The molecule has 0 bridgehead atoms. The quantitative estimate of drug-likeness (QED) is 0.583. The van der Waals surface area contributed by atoms with E-state index in [2.05, 4.69) is 5.10 Å². The Morgan fingerprint density at radius 2 is 2.12 bits per heavy atom. The van der Waals surface area contributed by atoms with Gasteiger partial charge >= 0.3 is 5.69 Å². The van der Waals surface area contributed by atoms with Crippen LogP contribution in [0.5, 0.6) is 0 Å². The van der Waals surface area contributed by atoms with Crippen LogP contribution in [0.3, 0.4) is 0 Å². The SMILES string of the molecule is CCC(C(C)=O)c1c([N+](=O)[O-])c(C)nn1CC. The number of hydrogen-bond acceptors (Lipinski definition) is 4. The van der Waals surface area contributed by atoms with Gasteiger partial charge < -0.3 is 0 Å². The van der Waals surface area contributed by atoms with Crippen molar-refractivity contribution in [3.63, 3.8) is 0 Å². The smallest absolute Gasteiger partial charge is 0.299 e. The normalized spacial score (nSPS) is 12.5. The first-order valence-corrected chi connectivity index (χ1v) is 5.66. The number of rotatable bonds is 5. The Kier molecular flexibility index (Phi) is 3.98. The van der Waals surface area contributed by atoms with E-state index in [1.165, 1.54) is 6.92 Å². The van der Waals surface area contributed by atoms with Gasteiger partial charge in [0.25, 0.3) is 0 Å². The number of nitrogens with zero attached hydrogens (tertiary/aromatic N) is 3. The highest BCUT2D eigenvalue weighted by Crippen LogP contribution is 2.32. The van der Waals surface area contributed by atoms with Crippen molar-refractivity contribution in [2.45, 2.75) is 46.6 Å². The van der Waals surface area contributed by atoms with Crippen LogP contribution in [0.1, 0.15) is 44.5 Å². The van der Waals surface area contributed by atoms with Gasteiger partial charge in [0.05, 0.1) is 10.8 Å². The van der Waals surface area contributed by atoms with Crippen LogP contribution in [0.25, 0.3) is 0 Å². The van der Waals surface area contributed by atoms with Crippen LogP contribution < -0.4 is 0 Å². The van der Waals surface area contributed by atoms with Crippen molar-refractivity contribution in [3.05, 3.63) is 21.5 Å². The van der Waals surface area contributed by atoms with Crippen molar-refractivity contribution >= 4 is 11.5 Å². The fraction of sp³-hybridized carbons (Fsp3) is 0.636. The highest BCUT2D eigenvalue weighted by molar-refractivity contribution is 5.84. The van der Waals surface area contributed by atoms with Crippen molar-refractivity contribution in [2.75, 3.05) is 0 Å². The van der Waals surface area contributed by atoms with E-state index in [4.69, 9.17) is 0 Å². The van der Waals surface area contributed by atoms with Crippen molar-refractivity contribution in [1.29, 1.82) is 0 Å². The average molecular weight is 239 g/mol. The molecule has 6 heteroatoms. The van der Waals surface area contributed by atoms with Gasteiger partial charge in [-0.3, -0.25) is 19.6 Å². The molecule has 0 aliphatic heterocycles. The summed E-state index contributed by atoms with van der Waals surface area (Å²) in [5.74, 6) is -0.512. The summed E-state index contributed by atoms with van der Waals surface area (Å²) >= 11 is 0. The summed E-state index contributed by atoms with van der Waals surface area (Å²) in [6.07, 6.45) is 0.543. The molecule has 17 heavy (non-hydrogen) atoms. The summed E-state index contributed by atoms with van der Waals surface area (Å²) in [6.45, 7) is 7.28. The molecule has 0 saturated heterocycles. The van der Waals surface area contributed by atoms with E-state index in [-0.39, 0.29) is 11.5 Å². The average Bonchev–Trinajstić information content (AvgIpc) is 2.56. The molecule has 0 saturated carbocycles. The molecule has 1 aromatic heterocycles. The van der Waals surface area contributed by atoms with E-state index < -0.39 is 10.8 Å². The minimum atomic E-state index is -0.449. The first kappa shape index (κ1) is 13.3. The van der Waals surface area contributed by atoms with E-state index >= 15 is 0 Å². The number of carbonyl (C=O) groups excluding carboxylic acids is 1. The van der Waals surface area contributed by atoms with E-state index in [0.717, 1.165) is 0 Å². The van der Waals surface area contributed by atoms with Crippen LogP contribution >= 0.6 is 0 Å². The lowest BCUT2D eigenvalue weighted by molar-refractivity contribution is -0.386. The van der Waals surface area contributed by atoms with Gasteiger partial charge in [-0.05, 0) is 27.2 Å². The number of hydrogen-bond donors (Lipinski definition) is 0. The van der Waals surface area contributed by atoms with E-state index in [1.54, 1.807) is 11.6 Å². The monoisotopic (exact) mass is 239 g/mol. The van der Waals surface area contributed by atoms with Gasteiger partial charge in [-0.15, -0.1) is 0 Å². The van der Waals surface area contributed by atoms with Crippen LogP contribution in [0.15, 0.2) is 0 Å². The van der Waals surface area contributed by atoms with Crippen LogP contribution in [0.2, 0.25) is 0 Å². The summed E-state index contributed by atoms with van der Waals surface area (Å²) in [7, 11) is 0. The summed E-state index contributed by atoms with van der Waals surface area (Å²) < 4.78 is 1.56. The Morgan fingerprint density at radius 3 is 2.47 bits per heavy atom. The molecule has 0 radical (unpaired) electrons. The summed E-state index contributed by atoms with van der Waals surface area (Å²) in [6, 6.07) is 0. The Bertz CT molecular complexity index is 451. The zero-order valence-corrected chi connectivity index (χ0v) is 10.6. The van der Waals surface area contributed by atoms with Crippen molar-refractivity contribution in [2.24, 2.45) is 0 Å². The molecule has 0 spiro atoms. The molecular formula is C11H17N3O3. The summed E-state index contributed by atoms with van der Waals surface area (Å²) in [5, 5.41) is 15.2. The van der Waals surface area contributed by atoms with Gasteiger partial charge in [-0.25, -0.2) is 0 Å². The van der Waals surface area contributed by atoms with Crippen molar-refractivity contribution in [1.82, 2.24) is 9.78 Å². The Labute approximate surface area is 99.8 Å². The Balaban J connectivity index is 3.46. The highest BCUT2D eigenvalue weighted by atomic mass is 16.6. The van der Waals surface area contributed by atoms with Gasteiger partial charge in [0.2, 0.25) is 0 Å². The second-order valence-corrected chi connectivity index (χ2v) is 3.96. The summed E-state index contributed by atoms with van der Waals surface area (Å²) in [4.78, 5) is 22.2. The maximum Gasteiger partial charge on any atom is 0.313 e. The van der Waals surface area contributed by atoms with Crippen LogP contribution in [0.4, 0.5) is 5.69 Å². The van der Waals surface area contributed by atoms with Gasteiger partial charge in [0.1, 0.15) is 17.2 Å². The maximum atomic E-state index is 11.6. The standard InChI is InChI=1S/C11H17N3O3/c1-5-9(8(4)15)11-10(14(16)17)7(3)12-13(11)6-2/h9H,5-6H2,1-4H3. The first-order valence-electron chi connectivity index (χ1n) is 5.66. The lowest BCUT2D eigenvalue weighted by Gasteiger charge is -2.12. The Morgan fingerprint density at radius 1 is 1.53 bits per heavy atom. The number of ketones is 1. The predicted molar refractivity (Wildman–Crippen MR) is 63.0 cm³/mol. The molecule has 0 aliphatic carbocycles. The fourth-order valence-corrected chi connectivity index (χ4v) is 2.07. The molecule has 1 unspecified atom stereocenters. The lowest BCUT2D eigenvalue weighted by Crippen LogP contribution is -2.15. The molecule has 1 atom stereocenters. The first-order chi connectivity index (χ1) is 7.93. The Hall–Kier alpha value is -1.72. The third-order valence-corrected chi connectivity index (χ3v) is 2.85. The predicted octanol–water partition coefficient (Wildman–Crippen LogP) is 2.20. The number of Topliss-reactive ketones (excluding diaryl/α,β-unsaturated/α-hetero) is 1. The van der Waals surface area contributed by atoms with Gasteiger partial charge in [-0.1, -0.05) is 6.92 Å². The van der Waals surface area contributed by atoms with E-state index in [0.29, 0.717) is 24.4 Å². The minimum absolute atomic E-state index is 0.0195.